The Kier molecular flexibility index (Phi) is 1.43. The van der Waals surface area contributed by atoms with Crippen LogP contribution in [-0.2, 0) is 0 Å². The van der Waals surface area contributed by atoms with E-state index in [1.165, 1.54) is 23.8 Å². The number of rotatable bonds is 1. The van der Waals surface area contributed by atoms with Crippen LogP contribution in [0.15, 0.2) is 24.4 Å². The summed E-state index contributed by atoms with van der Waals surface area (Å²) in [7, 11) is 0. The van der Waals surface area contributed by atoms with E-state index >= 15 is 0 Å². The van der Waals surface area contributed by atoms with Crippen LogP contribution in [-0.4, -0.2) is 9.67 Å². The van der Waals surface area contributed by atoms with Crippen LogP contribution in [0.3, 0.4) is 0 Å². The van der Waals surface area contributed by atoms with Gasteiger partial charge in [0.2, 0.25) is 0 Å². The normalized spacial score (nSPS) is 16.4. The first-order valence-electron chi connectivity index (χ1n) is 5.06. The van der Waals surface area contributed by atoms with Crippen LogP contribution in [0.1, 0.15) is 24.4 Å². The number of benzene rings is 1. The van der Waals surface area contributed by atoms with Crippen LogP contribution < -0.4 is 0 Å². The summed E-state index contributed by atoms with van der Waals surface area (Å²) in [6.45, 7) is 2.08. The first kappa shape index (κ1) is 7.92. The van der Waals surface area contributed by atoms with Crippen molar-refractivity contribution in [2.24, 2.45) is 0 Å². The summed E-state index contributed by atoms with van der Waals surface area (Å²) >= 11 is 0. The molecule has 14 heavy (non-hydrogen) atoms. The van der Waals surface area contributed by atoms with Gasteiger partial charge in [0.15, 0.2) is 5.88 Å². The van der Waals surface area contributed by atoms with E-state index in [4.69, 9.17) is 0 Å². The maximum absolute atomic E-state index is 9.99. The summed E-state index contributed by atoms with van der Waals surface area (Å²) in [6.07, 6.45) is 4.48. The number of nitrogens with zero attached hydrogens (tertiary/aromatic N) is 1. The molecule has 1 saturated carbocycles. The maximum atomic E-state index is 9.99. The maximum Gasteiger partial charge on any atom is 0.199 e. The molecule has 0 spiro atoms. The van der Waals surface area contributed by atoms with Gasteiger partial charge in [-0.1, -0.05) is 12.1 Å². The highest BCUT2D eigenvalue weighted by atomic mass is 16.3. The molecule has 1 fully saturated rings. The highest BCUT2D eigenvalue weighted by Crippen LogP contribution is 2.41. The zero-order chi connectivity index (χ0) is 9.71. The van der Waals surface area contributed by atoms with E-state index in [9.17, 15) is 5.11 Å². The predicted molar refractivity (Wildman–Crippen MR) is 56.6 cm³/mol. The molecule has 0 radical (unpaired) electrons. The van der Waals surface area contributed by atoms with Gasteiger partial charge in [-0.3, -0.25) is 0 Å². The number of hydrogen-bond acceptors (Lipinski definition) is 1. The van der Waals surface area contributed by atoms with Crippen LogP contribution >= 0.6 is 0 Å². The molecule has 0 aliphatic heterocycles. The molecule has 0 saturated heterocycles. The SMILES string of the molecule is Cc1cccc2c(O)n(C3CC3)cc12. The van der Waals surface area contributed by atoms with E-state index < -0.39 is 0 Å². The molecule has 1 N–H and O–H groups in total. The first-order chi connectivity index (χ1) is 6.77. The highest BCUT2D eigenvalue weighted by molar-refractivity contribution is 5.90. The lowest BCUT2D eigenvalue weighted by Gasteiger charge is -1.99. The summed E-state index contributed by atoms with van der Waals surface area (Å²) < 4.78 is 2.01. The van der Waals surface area contributed by atoms with E-state index in [0.717, 1.165) is 5.39 Å². The summed E-state index contributed by atoms with van der Waals surface area (Å²) in [5, 5.41) is 12.1. The van der Waals surface area contributed by atoms with E-state index in [2.05, 4.69) is 19.2 Å². The van der Waals surface area contributed by atoms with Crippen molar-refractivity contribution >= 4 is 10.8 Å². The zero-order valence-electron chi connectivity index (χ0n) is 8.20. The molecule has 3 rings (SSSR count). The van der Waals surface area contributed by atoms with Gasteiger partial charge < -0.3 is 9.67 Å². The number of aryl methyl sites for hydroxylation is 1. The minimum Gasteiger partial charge on any atom is -0.494 e. The van der Waals surface area contributed by atoms with Crippen molar-refractivity contribution in [3.05, 3.63) is 30.0 Å². The molecule has 0 amide bonds. The van der Waals surface area contributed by atoms with E-state index in [1.54, 1.807) is 0 Å². The van der Waals surface area contributed by atoms with Crippen molar-refractivity contribution in [1.82, 2.24) is 4.57 Å². The third-order valence-corrected chi connectivity index (χ3v) is 3.02. The minimum absolute atomic E-state index is 0.436. The van der Waals surface area contributed by atoms with Gasteiger partial charge in [-0.25, -0.2) is 0 Å². The molecule has 1 aliphatic rings. The fourth-order valence-corrected chi connectivity index (χ4v) is 2.02. The number of fused-ring (bicyclic) bond motifs is 1. The van der Waals surface area contributed by atoms with Crippen molar-refractivity contribution in [3.63, 3.8) is 0 Å². The average Bonchev–Trinajstić information content (AvgIpc) is 2.94. The van der Waals surface area contributed by atoms with E-state index in [-0.39, 0.29) is 0 Å². The summed E-state index contributed by atoms with van der Waals surface area (Å²) in [5.74, 6) is 0.436. The molecule has 2 aromatic rings. The molecular weight excluding hydrogens is 174 g/mol. The molecule has 2 heteroatoms. The van der Waals surface area contributed by atoms with Gasteiger partial charge in [-0.2, -0.15) is 0 Å². The number of aromatic nitrogens is 1. The fourth-order valence-electron chi connectivity index (χ4n) is 2.02. The Labute approximate surface area is 82.8 Å². The van der Waals surface area contributed by atoms with Crippen LogP contribution in [0.5, 0.6) is 5.88 Å². The molecule has 1 aliphatic carbocycles. The van der Waals surface area contributed by atoms with Gasteiger partial charge in [0.25, 0.3) is 0 Å². The van der Waals surface area contributed by atoms with Gasteiger partial charge in [-0.15, -0.1) is 0 Å². The monoisotopic (exact) mass is 187 g/mol. The average molecular weight is 187 g/mol. The molecule has 0 atom stereocenters. The molecular formula is C12H13NO. The lowest BCUT2D eigenvalue weighted by molar-refractivity contribution is 0.424. The molecule has 0 unspecified atom stereocenters. The Bertz CT molecular complexity index is 494. The summed E-state index contributed by atoms with van der Waals surface area (Å²) in [4.78, 5) is 0. The molecule has 2 nitrogen and oxygen atoms in total. The second-order valence-electron chi connectivity index (χ2n) is 4.13. The number of hydrogen-bond donors (Lipinski definition) is 1. The molecule has 72 valence electrons. The van der Waals surface area contributed by atoms with E-state index in [1.807, 2.05) is 16.7 Å². The quantitative estimate of drug-likeness (QED) is 0.729. The topological polar surface area (TPSA) is 25.2 Å². The van der Waals surface area contributed by atoms with Gasteiger partial charge in [0, 0.05) is 23.0 Å². The van der Waals surface area contributed by atoms with E-state index in [0.29, 0.717) is 11.9 Å². The lowest BCUT2D eigenvalue weighted by Crippen LogP contribution is -1.88. The number of aromatic hydroxyl groups is 1. The highest BCUT2D eigenvalue weighted by Gasteiger charge is 2.26. The lowest BCUT2D eigenvalue weighted by atomic mass is 10.1. The summed E-state index contributed by atoms with van der Waals surface area (Å²) in [5.41, 5.74) is 1.23. The Morgan fingerprint density at radius 1 is 1.29 bits per heavy atom. The van der Waals surface area contributed by atoms with Crippen molar-refractivity contribution < 1.29 is 5.11 Å². The molecule has 0 bridgehead atoms. The van der Waals surface area contributed by atoms with Gasteiger partial charge in [0.05, 0.1) is 0 Å². The van der Waals surface area contributed by atoms with Crippen molar-refractivity contribution in [2.75, 3.05) is 0 Å². The van der Waals surface area contributed by atoms with Crippen LogP contribution in [0.4, 0.5) is 0 Å². The van der Waals surface area contributed by atoms with Crippen LogP contribution in [0.25, 0.3) is 10.8 Å². The van der Waals surface area contributed by atoms with Crippen molar-refractivity contribution in [2.45, 2.75) is 25.8 Å². The Morgan fingerprint density at radius 3 is 2.71 bits per heavy atom. The predicted octanol–water partition coefficient (Wildman–Crippen LogP) is 2.99. The molecule has 1 aromatic carbocycles. The fraction of sp³-hybridized carbons (Fsp3) is 0.333. The third-order valence-electron chi connectivity index (χ3n) is 3.02. The Balaban J connectivity index is 2.33. The Hall–Kier alpha value is -1.44. The van der Waals surface area contributed by atoms with Crippen molar-refractivity contribution in [3.8, 4) is 5.88 Å². The zero-order valence-corrected chi connectivity index (χ0v) is 8.20. The molecule has 1 heterocycles. The minimum atomic E-state index is 0.436. The Morgan fingerprint density at radius 2 is 2.07 bits per heavy atom. The smallest absolute Gasteiger partial charge is 0.199 e. The van der Waals surface area contributed by atoms with Gasteiger partial charge in [0.1, 0.15) is 0 Å². The van der Waals surface area contributed by atoms with Crippen LogP contribution in [0, 0.1) is 6.92 Å². The second kappa shape index (κ2) is 2.53. The second-order valence-corrected chi connectivity index (χ2v) is 4.13. The van der Waals surface area contributed by atoms with Gasteiger partial charge in [-0.05, 0) is 31.4 Å². The first-order valence-corrected chi connectivity index (χ1v) is 5.06. The van der Waals surface area contributed by atoms with Crippen LogP contribution in [0.2, 0.25) is 0 Å². The van der Waals surface area contributed by atoms with Crippen molar-refractivity contribution in [1.29, 1.82) is 0 Å². The largest absolute Gasteiger partial charge is 0.494 e. The summed E-state index contributed by atoms with van der Waals surface area (Å²) in [6, 6.07) is 6.60. The standard InChI is InChI=1S/C12H13NO/c1-8-3-2-4-10-11(8)7-13(12(10)14)9-5-6-9/h2-4,7,9,14H,5-6H2,1H3. The third kappa shape index (κ3) is 0.969. The van der Waals surface area contributed by atoms with Gasteiger partial charge >= 0.3 is 0 Å². The molecule has 1 aromatic heterocycles.